The van der Waals surface area contributed by atoms with E-state index in [1.165, 1.54) is 12.4 Å². The van der Waals surface area contributed by atoms with Crippen molar-refractivity contribution in [3.05, 3.63) is 35.6 Å². The van der Waals surface area contributed by atoms with Crippen molar-refractivity contribution >= 4 is 32.7 Å². The summed E-state index contributed by atoms with van der Waals surface area (Å²) in [5.41, 5.74) is 0.506. The van der Waals surface area contributed by atoms with Gasteiger partial charge in [-0.25, -0.2) is 18.1 Å². The highest BCUT2D eigenvalue weighted by molar-refractivity contribution is 7.89. The number of aromatic nitrogens is 2. The van der Waals surface area contributed by atoms with E-state index in [2.05, 4.69) is 31.7 Å². The van der Waals surface area contributed by atoms with Gasteiger partial charge < -0.3 is 4.98 Å². The van der Waals surface area contributed by atoms with E-state index in [9.17, 15) is 8.42 Å². The van der Waals surface area contributed by atoms with Crippen LogP contribution in [0.4, 0.5) is 0 Å². The number of halogens is 1. The smallest absolute Gasteiger partial charge is 0.242 e. The molecule has 0 amide bonds. The molecule has 3 heterocycles. The zero-order valence-electron chi connectivity index (χ0n) is 11.9. The summed E-state index contributed by atoms with van der Waals surface area (Å²) >= 11 is 5.90. The number of hydrogen-bond acceptors (Lipinski definition) is 4. The van der Waals surface area contributed by atoms with E-state index >= 15 is 0 Å². The van der Waals surface area contributed by atoms with Crippen molar-refractivity contribution in [2.75, 3.05) is 26.2 Å². The molecule has 2 aromatic rings. The van der Waals surface area contributed by atoms with Crippen LogP contribution in [0.5, 0.6) is 0 Å². The first-order chi connectivity index (χ1) is 10.6. The SMILES string of the molecule is O=S(=O)(NCCN1CC=CCC1)c1c[nH]c2ncc(Cl)cc12. The molecular weight excluding hydrogens is 324 g/mol. The maximum Gasteiger partial charge on any atom is 0.242 e. The quantitative estimate of drug-likeness (QED) is 0.813. The average molecular weight is 341 g/mol. The minimum atomic E-state index is -3.59. The molecule has 3 rings (SSSR count). The Morgan fingerprint density at radius 2 is 2.27 bits per heavy atom. The van der Waals surface area contributed by atoms with Crippen molar-refractivity contribution in [2.24, 2.45) is 0 Å². The van der Waals surface area contributed by atoms with Crippen molar-refractivity contribution in [2.45, 2.75) is 11.3 Å². The monoisotopic (exact) mass is 340 g/mol. The second-order valence-corrected chi connectivity index (χ2v) is 7.33. The Hall–Kier alpha value is -1.41. The maximum absolute atomic E-state index is 12.4. The predicted octanol–water partition coefficient (Wildman–Crippen LogP) is 1.76. The van der Waals surface area contributed by atoms with Gasteiger partial charge in [-0.1, -0.05) is 23.8 Å². The first kappa shape index (κ1) is 15.5. The maximum atomic E-state index is 12.4. The summed E-state index contributed by atoms with van der Waals surface area (Å²) in [6.07, 6.45) is 8.18. The molecule has 22 heavy (non-hydrogen) atoms. The van der Waals surface area contributed by atoms with Gasteiger partial charge in [0.1, 0.15) is 10.5 Å². The van der Waals surface area contributed by atoms with Gasteiger partial charge in [0.2, 0.25) is 10.0 Å². The molecule has 2 N–H and O–H groups in total. The number of fused-ring (bicyclic) bond motifs is 1. The van der Waals surface area contributed by atoms with Crippen molar-refractivity contribution in [1.29, 1.82) is 0 Å². The molecule has 0 fully saturated rings. The highest BCUT2D eigenvalue weighted by atomic mass is 35.5. The number of aromatic amines is 1. The van der Waals surface area contributed by atoms with Gasteiger partial charge in [0.15, 0.2) is 0 Å². The standard InChI is InChI=1S/C14H17ClN4O2S/c15-11-8-12-13(10-17-14(12)16-9-11)22(20,21)18-4-7-19-5-2-1-3-6-19/h1-2,8-10,18H,3-7H2,(H,16,17). The third-order valence-electron chi connectivity index (χ3n) is 3.61. The summed E-state index contributed by atoms with van der Waals surface area (Å²) in [7, 11) is -3.59. The number of pyridine rings is 1. The Balaban J connectivity index is 1.71. The number of hydrogen-bond donors (Lipinski definition) is 2. The van der Waals surface area contributed by atoms with Gasteiger partial charge in [-0.2, -0.15) is 0 Å². The summed E-state index contributed by atoms with van der Waals surface area (Å²) in [5.74, 6) is 0. The molecule has 2 aromatic heterocycles. The fourth-order valence-corrected chi connectivity index (χ4v) is 3.82. The number of rotatable bonds is 5. The lowest BCUT2D eigenvalue weighted by Gasteiger charge is -2.22. The fraction of sp³-hybridized carbons (Fsp3) is 0.357. The van der Waals surface area contributed by atoms with Gasteiger partial charge in [0, 0.05) is 44.0 Å². The Kier molecular flexibility index (Phi) is 4.49. The lowest BCUT2D eigenvalue weighted by atomic mass is 10.2. The zero-order chi connectivity index (χ0) is 15.6. The molecule has 118 valence electrons. The van der Waals surface area contributed by atoms with E-state index in [1.54, 1.807) is 6.07 Å². The van der Waals surface area contributed by atoms with Crippen LogP contribution in [0.3, 0.4) is 0 Å². The Morgan fingerprint density at radius 3 is 3.05 bits per heavy atom. The molecule has 1 aliphatic rings. The topological polar surface area (TPSA) is 78.1 Å². The second-order valence-electron chi connectivity index (χ2n) is 5.16. The van der Waals surface area contributed by atoms with Crippen LogP contribution in [0.15, 0.2) is 35.5 Å². The number of sulfonamides is 1. The van der Waals surface area contributed by atoms with E-state index in [4.69, 9.17) is 11.6 Å². The molecule has 0 atom stereocenters. The lowest BCUT2D eigenvalue weighted by molar-refractivity contribution is 0.303. The summed E-state index contributed by atoms with van der Waals surface area (Å²) < 4.78 is 27.5. The van der Waals surface area contributed by atoms with Crippen LogP contribution in [0.25, 0.3) is 11.0 Å². The van der Waals surface area contributed by atoms with Gasteiger partial charge in [-0.05, 0) is 12.5 Å². The minimum Gasteiger partial charge on any atom is -0.345 e. The zero-order valence-corrected chi connectivity index (χ0v) is 13.5. The van der Waals surface area contributed by atoms with Crippen LogP contribution in [-0.4, -0.2) is 49.5 Å². The summed E-state index contributed by atoms with van der Waals surface area (Å²) in [6.45, 7) is 2.89. The van der Waals surface area contributed by atoms with Crippen LogP contribution in [-0.2, 0) is 10.0 Å². The molecule has 0 radical (unpaired) electrons. The summed E-state index contributed by atoms with van der Waals surface area (Å²) in [5, 5.41) is 0.907. The summed E-state index contributed by atoms with van der Waals surface area (Å²) in [6, 6.07) is 1.60. The fourth-order valence-electron chi connectivity index (χ4n) is 2.48. The predicted molar refractivity (Wildman–Crippen MR) is 86.5 cm³/mol. The van der Waals surface area contributed by atoms with Gasteiger partial charge in [0.25, 0.3) is 0 Å². The average Bonchev–Trinajstić information content (AvgIpc) is 2.92. The molecular formula is C14H17ClN4O2S. The van der Waals surface area contributed by atoms with Crippen molar-refractivity contribution in [1.82, 2.24) is 19.6 Å². The lowest BCUT2D eigenvalue weighted by Crippen LogP contribution is -2.36. The van der Waals surface area contributed by atoms with E-state index in [1.807, 2.05) is 0 Å². The van der Waals surface area contributed by atoms with Crippen LogP contribution in [0.1, 0.15) is 6.42 Å². The number of nitrogens with one attached hydrogen (secondary N) is 2. The van der Waals surface area contributed by atoms with Gasteiger partial charge in [-0.3, -0.25) is 4.90 Å². The highest BCUT2D eigenvalue weighted by Crippen LogP contribution is 2.23. The van der Waals surface area contributed by atoms with E-state index in [0.717, 1.165) is 19.5 Å². The molecule has 0 saturated heterocycles. The van der Waals surface area contributed by atoms with Gasteiger partial charge >= 0.3 is 0 Å². The van der Waals surface area contributed by atoms with Gasteiger partial charge in [0.05, 0.1) is 5.02 Å². The van der Waals surface area contributed by atoms with Crippen LogP contribution in [0.2, 0.25) is 5.02 Å². The first-order valence-electron chi connectivity index (χ1n) is 7.06. The number of nitrogens with zero attached hydrogens (tertiary/aromatic N) is 2. The van der Waals surface area contributed by atoms with Crippen molar-refractivity contribution < 1.29 is 8.42 Å². The normalized spacial score (nSPS) is 16.4. The molecule has 0 aromatic carbocycles. The van der Waals surface area contributed by atoms with Crippen LogP contribution in [0, 0.1) is 0 Å². The Bertz CT molecular complexity index is 800. The Labute approximate surface area is 134 Å². The van der Waals surface area contributed by atoms with Crippen molar-refractivity contribution in [3.63, 3.8) is 0 Å². The highest BCUT2D eigenvalue weighted by Gasteiger charge is 2.19. The minimum absolute atomic E-state index is 0.177. The van der Waals surface area contributed by atoms with E-state index < -0.39 is 10.0 Å². The van der Waals surface area contributed by atoms with Crippen LogP contribution >= 0.6 is 11.6 Å². The van der Waals surface area contributed by atoms with Crippen molar-refractivity contribution in [3.8, 4) is 0 Å². The second kappa shape index (κ2) is 6.37. The molecule has 0 spiro atoms. The van der Waals surface area contributed by atoms with Crippen LogP contribution < -0.4 is 4.72 Å². The largest absolute Gasteiger partial charge is 0.345 e. The third kappa shape index (κ3) is 3.33. The van der Waals surface area contributed by atoms with E-state index in [0.29, 0.717) is 29.1 Å². The molecule has 6 nitrogen and oxygen atoms in total. The molecule has 0 aliphatic carbocycles. The molecule has 0 unspecified atom stereocenters. The summed E-state index contributed by atoms with van der Waals surface area (Å²) in [4.78, 5) is 9.31. The third-order valence-corrected chi connectivity index (χ3v) is 5.32. The van der Waals surface area contributed by atoms with E-state index in [-0.39, 0.29) is 4.90 Å². The number of H-pyrrole nitrogens is 1. The molecule has 1 aliphatic heterocycles. The first-order valence-corrected chi connectivity index (χ1v) is 8.92. The molecule has 8 heteroatoms. The van der Waals surface area contributed by atoms with Gasteiger partial charge in [-0.15, -0.1) is 0 Å². The molecule has 0 saturated carbocycles. The molecule has 0 bridgehead atoms. The Morgan fingerprint density at radius 1 is 1.41 bits per heavy atom.